The van der Waals surface area contributed by atoms with Crippen LogP contribution in [0, 0.1) is 0 Å². The molecule has 1 aliphatic rings. The molecular weight excluding hydrogens is 627 g/mol. The first-order valence-corrected chi connectivity index (χ1v) is 18.0. The van der Waals surface area contributed by atoms with Gasteiger partial charge >= 0.3 is 0 Å². The number of rotatable bonds is 5. The van der Waals surface area contributed by atoms with Gasteiger partial charge in [-0.1, -0.05) is 133 Å². The van der Waals surface area contributed by atoms with Crippen LogP contribution in [0.5, 0.6) is 0 Å². The van der Waals surface area contributed by atoms with E-state index in [4.69, 9.17) is 0 Å². The summed E-state index contributed by atoms with van der Waals surface area (Å²) >= 11 is 1.86. The highest BCUT2D eigenvalue weighted by Crippen LogP contribution is 2.41. The van der Waals surface area contributed by atoms with Crippen LogP contribution in [0.4, 0.5) is 0 Å². The standard InChI is InChI=1S/C46H33N3S/c1-3-12-30(13-4-1)31-22-24-32(25-23-31)39-29-40(48-46(47-39)33-14-5-2-6-15-33)36-18-11-20-42-45(36)37-17-7-9-19-41(37)49(42)34-26-27-44-38(28-34)35-16-8-10-21-43(35)50-44/h1-29,40,46-48H. The molecule has 0 radical (unpaired) electrons. The zero-order valence-electron chi connectivity index (χ0n) is 27.3. The molecule has 2 unspecified atom stereocenters. The second-order valence-electron chi connectivity index (χ2n) is 13.0. The predicted octanol–water partition coefficient (Wildman–Crippen LogP) is 11.8. The molecule has 0 saturated carbocycles. The van der Waals surface area contributed by atoms with E-state index in [9.17, 15) is 0 Å². The van der Waals surface area contributed by atoms with Crippen molar-refractivity contribution in [2.45, 2.75) is 12.2 Å². The van der Waals surface area contributed by atoms with Gasteiger partial charge < -0.3 is 9.88 Å². The molecule has 7 aromatic carbocycles. The van der Waals surface area contributed by atoms with Gasteiger partial charge in [-0.25, -0.2) is 0 Å². The third-order valence-corrected chi connectivity index (χ3v) is 11.3. The molecule has 3 heterocycles. The SMILES string of the molecule is C1=C(c2ccc(-c3ccccc3)cc2)NC(c2ccccc2)NC1c1cccc2c1c1ccccc1n2-c1ccc2sc3ccccc3c2c1. The molecule has 0 fully saturated rings. The number of thiophene rings is 1. The Bertz CT molecular complexity index is 2700. The maximum Gasteiger partial charge on any atom is 0.104 e. The molecule has 4 heteroatoms. The van der Waals surface area contributed by atoms with Gasteiger partial charge in [0.15, 0.2) is 0 Å². The lowest BCUT2D eigenvalue weighted by molar-refractivity contribution is 0.444. The number of para-hydroxylation sites is 1. The highest BCUT2D eigenvalue weighted by molar-refractivity contribution is 7.25. The molecule has 1 aliphatic heterocycles. The average Bonchev–Trinajstić information content (AvgIpc) is 3.74. The largest absolute Gasteiger partial charge is 0.366 e. The molecule has 0 aliphatic carbocycles. The first-order chi connectivity index (χ1) is 24.8. The maximum absolute atomic E-state index is 3.97. The van der Waals surface area contributed by atoms with Crippen molar-refractivity contribution in [1.29, 1.82) is 0 Å². The summed E-state index contributed by atoms with van der Waals surface area (Å²) in [4.78, 5) is 0. The maximum atomic E-state index is 3.97. The lowest BCUT2D eigenvalue weighted by atomic mass is 9.94. The van der Waals surface area contributed by atoms with Gasteiger partial charge in [-0.2, -0.15) is 0 Å². The van der Waals surface area contributed by atoms with E-state index < -0.39 is 0 Å². The smallest absolute Gasteiger partial charge is 0.104 e. The van der Waals surface area contributed by atoms with Crippen molar-refractivity contribution < 1.29 is 0 Å². The fourth-order valence-corrected chi connectivity index (χ4v) is 8.82. The van der Waals surface area contributed by atoms with Crippen LogP contribution >= 0.6 is 11.3 Å². The minimum atomic E-state index is -0.0621. The lowest BCUT2D eigenvalue weighted by Gasteiger charge is -2.33. The van der Waals surface area contributed by atoms with Gasteiger partial charge in [0.2, 0.25) is 0 Å². The number of hydrogen-bond acceptors (Lipinski definition) is 3. The Morgan fingerprint density at radius 3 is 2.00 bits per heavy atom. The number of aromatic nitrogens is 1. The predicted molar refractivity (Wildman–Crippen MR) is 212 cm³/mol. The van der Waals surface area contributed by atoms with Crippen molar-refractivity contribution in [2.75, 3.05) is 0 Å². The second-order valence-corrected chi connectivity index (χ2v) is 14.1. The summed E-state index contributed by atoms with van der Waals surface area (Å²) in [5, 5.41) is 13.0. The minimum Gasteiger partial charge on any atom is -0.366 e. The Kier molecular flexibility index (Phi) is 6.90. The Morgan fingerprint density at radius 1 is 0.500 bits per heavy atom. The van der Waals surface area contributed by atoms with Crippen LogP contribution in [-0.2, 0) is 0 Å². The van der Waals surface area contributed by atoms with Crippen LogP contribution in [0.2, 0.25) is 0 Å². The van der Waals surface area contributed by atoms with E-state index in [1.54, 1.807) is 0 Å². The summed E-state index contributed by atoms with van der Waals surface area (Å²) in [5.41, 5.74) is 10.8. The van der Waals surface area contributed by atoms with Crippen molar-refractivity contribution in [3.05, 3.63) is 193 Å². The molecule has 2 aromatic heterocycles. The minimum absolute atomic E-state index is 0.0310. The highest BCUT2D eigenvalue weighted by atomic mass is 32.1. The normalized spacial score (nSPS) is 16.2. The van der Waals surface area contributed by atoms with Crippen molar-refractivity contribution in [2.24, 2.45) is 0 Å². The molecule has 0 bridgehead atoms. The molecule has 50 heavy (non-hydrogen) atoms. The highest BCUT2D eigenvalue weighted by Gasteiger charge is 2.27. The molecule has 0 amide bonds. The van der Waals surface area contributed by atoms with Gasteiger partial charge in [0.25, 0.3) is 0 Å². The summed E-state index contributed by atoms with van der Waals surface area (Å²) < 4.78 is 5.09. The number of nitrogens with zero attached hydrogens (tertiary/aromatic N) is 1. The van der Waals surface area contributed by atoms with E-state index >= 15 is 0 Å². The summed E-state index contributed by atoms with van der Waals surface area (Å²) in [6.07, 6.45) is 2.30. The third-order valence-electron chi connectivity index (χ3n) is 10.1. The van der Waals surface area contributed by atoms with Crippen molar-refractivity contribution in [3.63, 3.8) is 0 Å². The van der Waals surface area contributed by atoms with Crippen LogP contribution in [-0.4, -0.2) is 4.57 Å². The molecular formula is C46H33N3S. The molecule has 10 rings (SSSR count). The van der Waals surface area contributed by atoms with Crippen molar-refractivity contribution >= 4 is 59.0 Å². The molecule has 9 aromatic rings. The summed E-state index contributed by atoms with van der Waals surface area (Å²) in [6, 6.07) is 61.5. The summed E-state index contributed by atoms with van der Waals surface area (Å²) in [6.45, 7) is 0. The van der Waals surface area contributed by atoms with Crippen LogP contribution in [0.25, 0.3) is 64.5 Å². The van der Waals surface area contributed by atoms with E-state index in [0.29, 0.717) is 0 Å². The molecule has 3 nitrogen and oxygen atoms in total. The number of hydrogen-bond donors (Lipinski definition) is 2. The molecule has 2 N–H and O–H groups in total. The van der Waals surface area contributed by atoms with Gasteiger partial charge in [-0.3, -0.25) is 5.32 Å². The van der Waals surface area contributed by atoms with E-state index in [1.165, 1.54) is 75.5 Å². The van der Waals surface area contributed by atoms with E-state index in [1.807, 2.05) is 11.3 Å². The third kappa shape index (κ3) is 4.84. The van der Waals surface area contributed by atoms with E-state index in [0.717, 1.165) is 5.70 Å². The average molecular weight is 660 g/mol. The molecule has 238 valence electrons. The molecule has 0 saturated heterocycles. The number of nitrogens with one attached hydrogen (secondary N) is 2. The molecule has 2 atom stereocenters. The summed E-state index contributed by atoms with van der Waals surface area (Å²) in [5.74, 6) is 0. The van der Waals surface area contributed by atoms with Crippen molar-refractivity contribution in [3.8, 4) is 16.8 Å². The van der Waals surface area contributed by atoms with Gasteiger partial charge in [0.05, 0.1) is 17.1 Å². The van der Waals surface area contributed by atoms with Crippen molar-refractivity contribution in [1.82, 2.24) is 15.2 Å². The Balaban J connectivity index is 1.14. The first-order valence-electron chi connectivity index (χ1n) is 17.2. The Morgan fingerprint density at radius 2 is 1.16 bits per heavy atom. The zero-order chi connectivity index (χ0) is 33.0. The fraction of sp³-hybridized carbons (Fsp3) is 0.0435. The quantitative estimate of drug-likeness (QED) is 0.193. The monoisotopic (exact) mass is 659 g/mol. The lowest BCUT2D eigenvalue weighted by Crippen LogP contribution is -2.39. The van der Waals surface area contributed by atoms with E-state index in [-0.39, 0.29) is 12.2 Å². The zero-order valence-corrected chi connectivity index (χ0v) is 28.1. The number of benzene rings is 7. The van der Waals surface area contributed by atoms with Gasteiger partial charge in [0.1, 0.15) is 6.17 Å². The van der Waals surface area contributed by atoms with E-state index in [2.05, 4.69) is 191 Å². The van der Waals surface area contributed by atoms with Crippen LogP contribution in [0.1, 0.15) is 28.9 Å². The van der Waals surface area contributed by atoms with Crippen LogP contribution < -0.4 is 10.6 Å². The van der Waals surface area contributed by atoms with Crippen LogP contribution in [0.3, 0.4) is 0 Å². The number of fused-ring (bicyclic) bond motifs is 6. The molecule has 0 spiro atoms. The Hall–Kier alpha value is -5.94. The van der Waals surface area contributed by atoms with Crippen LogP contribution in [0.15, 0.2) is 176 Å². The second kappa shape index (κ2) is 11.9. The first kappa shape index (κ1) is 29.0. The van der Waals surface area contributed by atoms with Gasteiger partial charge in [-0.05, 0) is 70.3 Å². The topological polar surface area (TPSA) is 29.0 Å². The summed E-state index contributed by atoms with van der Waals surface area (Å²) in [7, 11) is 0. The van der Waals surface area contributed by atoms with Gasteiger partial charge in [0, 0.05) is 42.3 Å². The fourth-order valence-electron chi connectivity index (χ4n) is 7.73. The van der Waals surface area contributed by atoms with Gasteiger partial charge in [-0.15, -0.1) is 11.3 Å². The Labute approximate surface area is 294 Å².